The molecule has 176 valence electrons. The molecule has 0 radical (unpaired) electrons. The van der Waals surface area contributed by atoms with Crippen molar-refractivity contribution in [1.82, 2.24) is 4.98 Å². The normalized spacial score (nSPS) is 12.2. The Kier molecular flexibility index (Phi) is 3.82. The molecule has 7 aromatic carbocycles. The van der Waals surface area contributed by atoms with Crippen LogP contribution in [0.25, 0.3) is 87.2 Å². The minimum Gasteiger partial charge on any atom is -0.456 e. The number of fused-ring (bicyclic) bond motifs is 13. The maximum atomic E-state index is 6.08. The van der Waals surface area contributed by atoms with Crippen LogP contribution >= 0.6 is 0 Å². The first-order chi connectivity index (χ1) is 18.8. The van der Waals surface area contributed by atoms with Crippen molar-refractivity contribution in [2.75, 3.05) is 0 Å². The van der Waals surface area contributed by atoms with Crippen LogP contribution in [0.4, 0.5) is 0 Å². The molecule has 2 heteroatoms. The highest BCUT2D eigenvalue weighted by Crippen LogP contribution is 2.43. The van der Waals surface area contributed by atoms with E-state index < -0.39 is 0 Å². The van der Waals surface area contributed by atoms with Crippen LogP contribution in [-0.4, -0.2) is 4.98 Å². The minimum absolute atomic E-state index is 0.923. The fraction of sp³-hybridized carbons (Fsp3) is 0. The second kappa shape index (κ2) is 7.24. The number of H-pyrrole nitrogens is 1. The summed E-state index contributed by atoms with van der Waals surface area (Å²) in [6.07, 6.45) is 0. The van der Waals surface area contributed by atoms with Crippen molar-refractivity contribution in [3.63, 3.8) is 0 Å². The predicted octanol–water partition coefficient (Wildman–Crippen LogP) is 10.3. The number of aromatic nitrogens is 1. The van der Waals surface area contributed by atoms with Crippen molar-refractivity contribution in [2.24, 2.45) is 0 Å². The monoisotopic (exact) mass is 483 g/mol. The first-order valence-electron chi connectivity index (χ1n) is 13.0. The van der Waals surface area contributed by atoms with Crippen molar-refractivity contribution in [3.05, 3.63) is 121 Å². The Morgan fingerprint density at radius 2 is 1.11 bits per heavy atom. The van der Waals surface area contributed by atoms with Crippen LogP contribution in [0.3, 0.4) is 0 Å². The summed E-state index contributed by atoms with van der Waals surface area (Å²) in [4.78, 5) is 3.79. The Morgan fingerprint density at radius 3 is 2.00 bits per heavy atom. The number of hydrogen-bond donors (Lipinski definition) is 1. The van der Waals surface area contributed by atoms with Gasteiger partial charge in [-0.2, -0.15) is 0 Å². The summed E-state index contributed by atoms with van der Waals surface area (Å²) in [6, 6.07) is 43.6. The summed E-state index contributed by atoms with van der Waals surface area (Å²) in [5.41, 5.74) is 6.60. The molecule has 9 rings (SSSR count). The van der Waals surface area contributed by atoms with Gasteiger partial charge >= 0.3 is 0 Å². The molecule has 1 N–H and O–H groups in total. The number of rotatable bonds is 1. The molecular weight excluding hydrogens is 462 g/mol. The molecular formula is C36H21NO. The molecule has 2 heterocycles. The second-order valence-corrected chi connectivity index (χ2v) is 10.2. The van der Waals surface area contributed by atoms with Gasteiger partial charge in [0.15, 0.2) is 0 Å². The summed E-state index contributed by atoms with van der Waals surface area (Å²) in [6.45, 7) is 0. The van der Waals surface area contributed by atoms with E-state index in [1.54, 1.807) is 0 Å². The van der Waals surface area contributed by atoms with E-state index in [0.29, 0.717) is 0 Å². The third kappa shape index (κ3) is 2.61. The number of aromatic amines is 1. The third-order valence-electron chi connectivity index (χ3n) is 8.17. The van der Waals surface area contributed by atoms with Crippen LogP contribution in [0.2, 0.25) is 0 Å². The Hall–Kier alpha value is -5.08. The Bertz CT molecular complexity index is 2400. The Labute approximate surface area is 217 Å². The van der Waals surface area contributed by atoms with E-state index in [0.717, 1.165) is 27.5 Å². The van der Waals surface area contributed by atoms with E-state index in [1.165, 1.54) is 59.7 Å². The van der Waals surface area contributed by atoms with E-state index in [2.05, 4.69) is 114 Å². The van der Waals surface area contributed by atoms with Crippen LogP contribution in [-0.2, 0) is 0 Å². The smallest absolute Gasteiger partial charge is 0.135 e. The summed E-state index contributed by atoms with van der Waals surface area (Å²) in [7, 11) is 0. The van der Waals surface area contributed by atoms with Gasteiger partial charge in [0.05, 0.1) is 5.52 Å². The van der Waals surface area contributed by atoms with Gasteiger partial charge in [0.2, 0.25) is 0 Å². The molecule has 0 saturated heterocycles. The van der Waals surface area contributed by atoms with Crippen LogP contribution in [0, 0.1) is 0 Å². The molecule has 0 aliphatic heterocycles. The highest BCUT2D eigenvalue weighted by molar-refractivity contribution is 6.36. The number of para-hydroxylation sites is 1. The van der Waals surface area contributed by atoms with Crippen molar-refractivity contribution in [3.8, 4) is 11.1 Å². The van der Waals surface area contributed by atoms with E-state index >= 15 is 0 Å². The van der Waals surface area contributed by atoms with Gasteiger partial charge < -0.3 is 9.40 Å². The second-order valence-electron chi connectivity index (χ2n) is 10.2. The zero-order valence-electron chi connectivity index (χ0n) is 20.5. The summed E-state index contributed by atoms with van der Waals surface area (Å²) in [5, 5.41) is 12.6. The van der Waals surface area contributed by atoms with E-state index in [1.807, 2.05) is 12.1 Å². The number of hydrogen-bond acceptors (Lipinski definition) is 1. The first kappa shape index (κ1) is 20.0. The highest BCUT2D eigenvalue weighted by Gasteiger charge is 2.16. The fourth-order valence-electron chi connectivity index (χ4n) is 6.44. The number of benzene rings is 7. The topological polar surface area (TPSA) is 28.9 Å². The van der Waals surface area contributed by atoms with E-state index in [4.69, 9.17) is 4.42 Å². The number of nitrogens with one attached hydrogen (secondary N) is 1. The predicted molar refractivity (Wildman–Crippen MR) is 161 cm³/mol. The van der Waals surface area contributed by atoms with Gasteiger partial charge in [-0.25, -0.2) is 0 Å². The van der Waals surface area contributed by atoms with Crippen molar-refractivity contribution in [1.29, 1.82) is 0 Å². The van der Waals surface area contributed by atoms with Crippen LogP contribution in [0.5, 0.6) is 0 Å². The lowest BCUT2D eigenvalue weighted by molar-refractivity contribution is 0.669. The lowest BCUT2D eigenvalue weighted by atomic mass is 9.92. The first-order valence-corrected chi connectivity index (χ1v) is 13.0. The molecule has 0 unspecified atom stereocenters. The molecule has 0 aliphatic carbocycles. The average Bonchev–Trinajstić information content (AvgIpc) is 3.55. The molecule has 2 nitrogen and oxygen atoms in total. The zero-order valence-corrected chi connectivity index (χ0v) is 20.5. The van der Waals surface area contributed by atoms with Gasteiger partial charge in [-0.1, -0.05) is 91.0 Å². The average molecular weight is 484 g/mol. The largest absolute Gasteiger partial charge is 0.456 e. The van der Waals surface area contributed by atoms with Gasteiger partial charge in [-0.3, -0.25) is 0 Å². The summed E-state index contributed by atoms with van der Waals surface area (Å²) in [5.74, 6) is 0. The molecule has 0 aliphatic rings. The Morgan fingerprint density at radius 1 is 0.421 bits per heavy atom. The SMILES string of the molecule is c1ccc2c(c1)ccc1c3ccccc3c3[nH]c4ccc(-c5ccc6oc7ccccc7c6c5)cc4c3c21. The van der Waals surface area contributed by atoms with Crippen molar-refractivity contribution >= 4 is 76.1 Å². The van der Waals surface area contributed by atoms with Gasteiger partial charge in [-0.05, 0) is 63.0 Å². The molecule has 0 amide bonds. The van der Waals surface area contributed by atoms with E-state index in [-0.39, 0.29) is 0 Å². The van der Waals surface area contributed by atoms with Crippen LogP contribution in [0.1, 0.15) is 0 Å². The van der Waals surface area contributed by atoms with Gasteiger partial charge in [0, 0.05) is 37.8 Å². The lowest BCUT2D eigenvalue weighted by Crippen LogP contribution is -1.84. The Balaban J connectivity index is 1.42. The molecule has 2 aromatic heterocycles. The molecule has 0 bridgehead atoms. The van der Waals surface area contributed by atoms with E-state index in [9.17, 15) is 0 Å². The maximum absolute atomic E-state index is 6.08. The van der Waals surface area contributed by atoms with Crippen LogP contribution < -0.4 is 0 Å². The van der Waals surface area contributed by atoms with Crippen molar-refractivity contribution < 1.29 is 4.42 Å². The lowest BCUT2D eigenvalue weighted by Gasteiger charge is -2.11. The molecule has 0 atom stereocenters. The van der Waals surface area contributed by atoms with Crippen molar-refractivity contribution in [2.45, 2.75) is 0 Å². The molecule has 38 heavy (non-hydrogen) atoms. The highest BCUT2D eigenvalue weighted by atomic mass is 16.3. The fourth-order valence-corrected chi connectivity index (χ4v) is 6.44. The molecule has 0 fully saturated rings. The molecule has 0 saturated carbocycles. The minimum atomic E-state index is 0.923. The quantitative estimate of drug-likeness (QED) is 0.231. The third-order valence-corrected chi connectivity index (χ3v) is 8.17. The molecule has 9 aromatic rings. The maximum Gasteiger partial charge on any atom is 0.135 e. The standard InChI is InChI=1S/C36H21NO/c1-2-8-24-21(7-1)13-16-27-25-9-3-4-11-28(25)36-35(34(24)27)30-20-22(14-17-31(30)37-36)23-15-18-33-29(19-23)26-10-5-6-12-32(26)38-33/h1-20,37H. The summed E-state index contributed by atoms with van der Waals surface area (Å²) < 4.78 is 6.08. The molecule has 0 spiro atoms. The summed E-state index contributed by atoms with van der Waals surface area (Å²) >= 11 is 0. The van der Waals surface area contributed by atoms with Gasteiger partial charge in [-0.15, -0.1) is 0 Å². The van der Waals surface area contributed by atoms with Gasteiger partial charge in [0.1, 0.15) is 11.2 Å². The number of furan rings is 1. The zero-order chi connectivity index (χ0) is 24.8. The van der Waals surface area contributed by atoms with Crippen LogP contribution in [0.15, 0.2) is 126 Å². The van der Waals surface area contributed by atoms with Gasteiger partial charge in [0.25, 0.3) is 0 Å².